The van der Waals surface area contributed by atoms with Crippen molar-refractivity contribution in [1.82, 2.24) is 14.3 Å². The first kappa shape index (κ1) is 25.8. The Morgan fingerprint density at radius 1 is 1.25 bits per heavy atom. The third kappa shape index (κ3) is 4.72. The van der Waals surface area contributed by atoms with E-state index in [4.69, 9.17) is 0 Å². The number of alkyl halides is 5. The lowest BCUT2D eigenvalue weighted by molar-refractivity contribution is -0.147. The number of fused-ring (bicyclic) bond motifs is 1. The third-order valence-corrected chi connectivity index (χ3v) is 7.45. The number of hydrogen-bond acceptors (Lipinski definition) is 5. The monoisotopic (exact) mass is 532 g/mol. The fourth-order valence-corrected chi connectivity index (χ4v) is 5.14. The first-order chi connectivity index (χ1) is 16.8. The molecule has 4 rings (SSSR count). The predicted octanol–water partition coefficient (Wildman–Crippen LogP) is 5.27. The van der Waals surface area contributed by atoms with Gasteiger partial charge in [0.1, 0.15) is 28.6 Å². The molecule has 1 aliphatic carbocycles. The predicted molar refractivity (Wildman–Crippen MR) is 115 cm³/mol. The molecule has 0 spiro atoms. The smallest absolute Gasteiger partial charge is 0.404 e. The highest BCUT2D eigenvalue weighted by atomic mass is 32.2. The molecule has 1 atom stereocenters. The van der Waals surface area contributed by atoms with Crippen molar-refractivity contribution in [3.63, 3.8) is 0 Å². The van der Waals surface area contributed by atoms with E-state index in [1.54, 1.807) is 4.57 Å². The van der Waals surface area contributed by atoms with Gasteiger partial charge in [-0.15, -0.1) is 0 Å². The minimum atomic E-state index is -4.80. The van der Waals surface area contributed by atoms with E-state index in [2.05, 4.69) is 9.72 Å². The summed E-state index contributed by atoms with van der Waals surface area (Å²) in [6.07, 6.45) is -1.85. The van der Waals surface area contributed by atoms with Crippen LogP contribution in [0.1, 0.15) is 37.8 Å². The molecule has 1 N–H and O–H groups in total. The number of nitrogens with zero attached hydrogens (tertiary/aromatic N) is 3. The van der Waals surface area contributed by atoms with Gasteiger partial charge in [0.15, 0.2) is 0 Å². The summed E-state index contributed by atoms with van der Waals surface area (Å²) < 4.78 is 111. The molecule has 2 aromatic heterocycles. The van der Waals surface area contributed by atoms with Crippen LogP contribution < -0.4 is 9.46 Å². The number of nitriles is 1. The zero-order valence-corrected chi connectivity index (χ0v) is 19.3. The number of aromatic nitrogens is 2. The van der Waals surface area contributed by atoms with Gasteiger partial charge in [0.2, 0.25) is 10.0 Å². The molecule has 14 heteroatoms. The lowest BCUT2D eigenvalue weighted by atomic mass is 9.92. The fraction of sp³-hybridized carbons (Fsp3) is 0.364. The van der Waals surface area contributed by atoms with Crippen LogP contribution in [0.2, 0.25) is 0 Å². The third-order valence-electron chi connectivity index (χ3n) is 5.92. The summed E-state index contributed by atoms with van der Waals surface area (Å²) in [4.78, 5) is 3.49. The normalized spacial score (nSPS) is 15.6. The number of benzene rings is 1. The van der Waals surface area contributed by atoms with E-state index < -0.39 is 45.3 Å². The first-order valence-corrected chi connectivity index (χ1v) is 12.1. The molecule has 192 valence electrons. The Labute approximate surface area is 201 Å². The van der Waals surface area contributed by atoms with Crippen LogP contribution in [-0.4, -0.2) is 36.8 Å². The van der Waals surface area contributed by atoms with E-state index in [9.17, 15) is 40.0 Å². The van der Waals surface area contributed by atoms with Gasteiger partial charge in [0.25, 0.3) is 0 Å². The lowest BCUT2D eigenvalue weighted by Gasteiger charge is -2.30. The van der Waals surface area contributed by atoms with Gasteiger partial charge in [-0.05, 0) is 38.3 Å². The molecule has 0 aliphatic heterocycles. The van der Waals surface area contributed by atoms with Crippen molar-refractivity contribution in [1.29, 1.82) is 5.26 Å². The summed E-state index contributed by atoms with van der Waals surface area (Å²) in [5.41, 5.74) is 0.157. The van der Waals surface area contributed by atoms with Crippen molar-refractivity contribution in [2.75, 3.05) is 0 Å². The number of hydrogen-bond donors (Lipinski definition) is 1. The van der Waals surface area contributed by atoms with Crippen LogP contribution in [0, 0.1) is 17.1 Å². The zero-order chi connectivity index (χ0) is 26.4. The highest BCUT2D eigenvalue weighted by molar-refractivity contribution is 7.89. The molecule has 1 unspecified atom stereocenters. The second-order valence-electron chi connectivity index (χ2n) is 8.23. The molecule has 0 saturated heterocycles. The van der Waals surface area contributed by atoms with Crippen molar-refractivity contribution in [3.8, 4) is 23.2 Å². The van der Waals surface area contributed by atoms with Crippen LogP contribution in [-0.2, 0) is 10.0 Å². The van der Waals surface area contributed by atoms with Gasteiger partial charge in [-0.2, -0.15) is 31.9 Å². The van der Waals surface area contributed by atoms with Crippen LogP contribution in [0.5, 0.6) is 5.75 Å². The van der Waals surface area contributed by atoms with Crippen LogP contribution in [0.25, 0.3) is 22.3 Å². The van der Waals surface area contributed by atoms with Crippen molar-refractivity contribution >= 4 is 20.9 Å². The number of sulfonamides is 1. The minimum Gasteiger partial charge on any atom is -0.435 e. The van der Waals surface area contributed by atoms with Gasteiger partial charge in [0.05, 0.1) is 27.9 Å². The van der Waals surface area contributed by atoms with Crippen LogP contribution >= 0.6 is 0 Å². The molecule has 0 bridgehead atoms. The zero-order valence-electron chi connectivity index (χ0n) is 18.5. The van der Waals surface area contributed by atoms with Crippen molar-refractivity contribution in [2.45, 2.75) is 56.0 Å². The molecule has 0 radical (unpaired) electrons. The second-order valence-corrected chi connectivity index (χ2v) is 9.95. The first-order valence-electron chi connectivity index (χ1n) is 10.6. The number of rotatable bonds is 7. The van der Waals surface area contributed by atoms with Gasteiger partial charge in [0, 0.05) is 24.4 Å². The Balaban J connectivity index is 1.84. The maximum absolute atomic E-state index is 15.0. The summed E-state index contributed by atoms with van der Waals surface area (Å²) in [5, 5.41) is 9.70. The molecule has 7 nitrogen and oxygen atoms in total. The van der Waals surface area contributed by atoms with E-state index in [0.717, 1.165) is 24.8 Å². The largest absolute Gasteiger partial charge is 0.435 e. The highest BCUT2D eigenvalue weighted by Gasteiger charge is 2.39. The summed E-state index contributed by atoms with van der Waals surface area (Å²) in [7, 11) is -4.58. The molecular formula is C22H18F6N4O3S. The maximum atomic E-state index is 15.0. The quantitative estimate of drug-likeness (QED) is 0.418. The summed E-state index contributed by atoms with van der Waals surface area (Å²) in [6.45, 7) is -2.55. The van der Waals surface area contributed by atoms with Gasteiger partial charge in [-0.3, -0.25) is 4.98 Å². The van der Waals surface area contributed by atoms with E-state index in [0.29, 0.717) is 19.8 Å². The fourth-order valence-electron chi connectivity index (χ4n) is 3.97. The average Bonchev–Trinajstić information content (AvgIpc) is 3.05. The molecule has 1 fully saturated rings. The van der Waals surface area contributed by atoms with Crippen LogP contribution in [0.3, 0.4) is 0 Å². The molecule has 1 saturated carbocycles. The SMILES string of the molecule is CC(NS(=O)(=O)c1ccc(-c2c(C#N)c3c(F)cc(OC(F)F)cc3n2C2CCC2)nc1)C(F)(F)F. The average molecular weight is 532 g/mol. The molecule has 3 aromatic rings. The van der Waals surface area contributed by atoms with E-state index >= 15 is 0 Å². The summed E-state index contributed by atoms with van der Waals surface area (Å²) in [6, 6.07) is 3.47. The van der Waals surface area contributed by atoms with Crippen LogP contribution in [0.4, 0.5) is 26.3 Å². The second kappa shape index (κ2) is 9.29. The van der Waals surface area contributed by atoms with Gasteiger partial charge in [-0.25, -0.2) is 12.8 Å². The number of ether oxygens (including phenoxy) is 1. The van der Waals surface area contributed by atoms with Crippen LogP contribution in [0.15, 0.2) is 35.4 Å². The Morgan fingerprint density at radius 3 is 2.44 bits per heavy atom. The Bertz CT molecular complexity index is 1440. The molecular weight excluding hydrogens is 514 g/mol. The number of pyridine rings is 1. The Hall–Kier alpha value is -3.31. The van der Waals surface area contributed by atoms with E-state index in [-0.39, 0.29) is 33.9 Å². The van der Waals surface area contributed by atoms with Gasteiger partial charge in [-0.1, -0.05) is 0 Å². The summed E-state index contributed by atoms with van der Waals surface area (Å²) in [5.74, 6) is -1.41. The topological polar surface area (TPSA) is 97.0 Å². The molecule has 36 heavy (non-hydrogen) atoms. The lowest BCUT2D eigenvalue weighted by Crippen LogP contribution is -2.42. The highest BCUT2D eigenvalue weighted by Crippen LogP contribution is 2.44. The van der Waals surface area contributed by atoms with E-state index in [1.165, 1.54) is 16.9 Å². The minimum absolute atomic E-state index is 0.0493. The van der Waals surface area contributed by atoms with Crippen molar-refractivity contribution < 1.29 is 39.5 Å². The Morgan fingerprint density at radius 2 is 1.94 bits per heavy atom. The van der Waals surface area contributed by atoms with Crippen molar-refractivity contribution in [2.24, 2.45) is 0 Å². The van der Waals surface area contributed by atoms with E-state index in [1.807, 2.05) is 6.07 Å². The maximum Gasteiger partial charge on any atom is 0.404 e. The van der Waals surface area contributed by atoms with Gasteiger partial charge < -0.3 is 9.30 Å². The van der Waals surface area contributed by atoms with Crippen molar-refractivity contribution in [3.05, 3.63) is 41.8 Å². The van der Waals surface area contributed by atoms with Gasteiger partial charge >= 0.3 is 12.8 Å². The molecule has 2 heterocycles. The number of halogens is 6. The molecule has 0 amide bonds. The standard InChI is InChI=1S/C22H18F6N4O3S/c1-11(22(26,27)28)31-36(33,34)14-5-6-17(30-10-14)20-15(9-29)19-16(23)7-13(35-21(24)25)8-18(19)32(20)12-3-2-4-12/h5-8,10-12,21,31H,2-4H2,1H3. The Kier molecular flexibility index (Phi) is 6.65. The molecule has 1 aliphatic rings. The number of nitrogens with one attached hydrogen (secondary N) is 1. The summed E-state index contributed by atoms with van der Waals surface area (Å²) >= 11 is 0. The molecule has 1 aromatic carbocycles.